The molecule has 0 spiro atoms. The van der Waals surface area contributed by atoms with E-state index in [2.05, 4.69) is 26.6 Å². The van der Waals surface area contributed by atoms with Crippen molar-refractivity contribution >= 4 is 39.8 Å². The van der Waals surface area contributed by atoms with Crippen molar-refractivity contribution in [3.05, 3.63) is 71.2 Å². The number of imidazole rings is 1. The second-order valence-electron chi connectivity index (χ2n) is 6.35. The van der Waals surface area contributed by atoms with Gasteiger partial charge >= 0.3 is 0 Å². The zero-order valence-electron chi connectivity index (χ0n) is 15.5. The van der Waals surface area contributed by atoms with E-state index in [0.29, 0.717) is 16.4 Å². The Morgan fingerprint density at radius 2 is 2.10 bits per heavy atom. The van der Waals surface area contributed by atoms with Crippen molar-refractivity contribution in [2.75, 3.05) is 5.32 Å². The molecule has 4 rings (SSSR count). The molecule has 1 aromatic carbocycles. The summed E-state index contributed by atoms with van der Waals surface area (Å²) in [5.41, 5.74) is 4.36. The minimum atomic E-state index is -0.175. The highest BCUT2D eigenvalue weighted by molar-refractivity contribution is 8.00. The van der Waals surface area contributed by atoms with Gasteiger partial charge in [0.05, 0.1) is 23.7 Å². The third kappa shape index (κ3) is 4.62. The molecule has 0 aliphatic heterocycles. The van der Waals surface area contributed by atoms with Crippen LogP contribution in [0.25, 0.3) is 5.65 Å². The van der Waals surface area contributed by atoms with Gasteiger partial charge in [0.1, 0.15) is 5.65 Å². The lowest BCUT2D eigenvalue weighted by Crippen LogP contribution is -2.14. The Bertz CT molecular complexity index is 1210. The van der Waals surface area contributed by atoms with Gasteiger partial charge in [-0.25, -0.2) is 4.98 Å². The molecule has 0 fully saturated rings. The number of benzene rings is 1. The van der Waals surface area contributed by atoms with Crippen LogP contribution in [0, 0.1) is 18.3 Å². The summed E-state index contributed by atoms with van der Waals surface area (Å²) in [6.07, 6.45) is 3.95. The minimum Gasteiger partial charge on any atom is -0.307 e. The van der Waals surface area contributed by atoms with Crippen LogP contribution in [-0.2, 0) is 17.0 Å². The molecule has 1 amide bonds. The number of nitrogens with zero attached hydrogens (tertiary/aromatic N) is 5. The molecule has 7 nitrogen and oxygen atoms in total. The molecule has 0 atom stereocenters. The number of aromatic nitrogens is 4. The lowest BCUT2D eigenvalue weighted by atomic mass is 10.2. The molecule has 1 N–H and O–H groups in total. The van der Waals surface area contributed by atoms with Gasteiger partial charge in [-0.1, -0.05) is 41.3 Å². The molecule has 0 unspecified atom stereocenters. The van der Waals surface area contributed by atoms with Crippen LogP contribution in [0.2, 0.25) is 0 Å². The van der Waals surface area contributed by atoms with Crippen LogP contribution in [0.4, 0.5) is 5.13 Å². The lowest BCUT2D eigenvalue weighted by molar-refractivity contribution is -0.115. The molecule has 0 bridgehead atoms. The zero-order valence-corrected chi connectivity index (χ0v) is 17.1. The number of amides is 1. The fourth-order valence-electron chi connectivity index (χ4n) is 2.76. The largest absolute Gasteiger partial charge is 0.307 e. The number of fused-ring (bicyclic) bond motifs is 1. The topological polar surface area (TPSA) is 96.0 Å². The Balaban J connectivity index is 1.33. The molecule has 29 heavy (non-hydrogen) atoms. The molecule has 3 aromatic heterocycles. The van der Waals surface area contributed by atoms with E-state index in [9.17, 15) is 4.79 Å². The summed E-state index contributed by atoms with van der Waals surface area (Å²) < 4.78 is 2.69. The van der Waals surface area contributed by atoms with Crippen molar-refractivity contribution in [1.82, 2.24) is 19.6 Å². The number of pyridine rings is 1. The van der Waals surface area contributed by atoms with Gasteiger partial charge in [0.2, 0.25) is 11.0 Å². The molecule has 3 heterocycles. The number of carbonyl (C=O) groups excluding carboxylic acids is 1. The standard InChI is InChI=1S/C20H16N6OS2/c1-13-3-2-8-26-11-16(22-18(13)26)9-17(27)23-19-24-25-20(29-19)28-12-15-6-4-14(10-21)5-7-15/h2-8,11H,9,12H2,1H3,(H,23,24,27). The van der Waals surface area contributed by atoms with E-state index < -0.39 is 0 Å². The van der Waals surface area contributed by atoms with Crippen LogP contribution in [0.1, 0.15) is 22.4 Å². The highest BCUT2D eigenvalue weighted by Crippen LogP contribution is 2.28. The fraction of sp³-hybridized carbons (Fsp3) is 0.150. The Kier molecular flexibility index (Phi) is 5.55. The summed E-state index contributed by atoms with van der Waals surface area (Å²) in [7, 11) is 0. The molecular weight excluding hydrogens is 404 g/mol. The molecule has 9 heteroatoms. The number of anilines is 1. The Labute approximate surface area is 175 Å². The van der Waals surface area contributed by atoms with E-state index in [4.69, 9.17) is 5.26 Å². The number of hydrogen-bond donors (Lipinski definition) is 1. The van der Waals surface area contributed by atoms with Crippen molar-refractivity contribution in [3.8, 4) is 6.07 Å². The van der Waals surface area contributed by atoms with Crippen molar-refractivity contribution in [3.63, 3.8) is 0 Å². The van der Waals surface area contributed by atoms with Crippen molar-refractivity contribution < 1.29 is 4.79 Å². The first kappa shape index (κ1) is 19.1. The number of carbonyl (C=O) groups is 1. The average molecular weight is 421 g/mol. The SMILES string of the molecule is Cc1cccn2cc(CC(=O)Nc3nnc(SCc4ccc(C#N)cc4)s3)nc12. The van der Waals surface area contributed by atoms with Crippen LogP contribution in [0.15, 0.2) is 53.1 Å². The normalized spacial score (nSPS) is 10.8. The van der Waals surface area contributed by atoms with E-state index in [1.165, 1.54) is 23.1 Å². The van der Waals surface area contributed by atoms with Crippen LogP contribution >= 0.6 is 23.1 Å². The lowest BCUT2D eigenvalue weighted by Gasteiger charge is -1.99. The number of thioether (sulfide) groups is 1. The number of rotatable bonds is 6. The summed E-state index contributed by atoms with van der Waals surface area (Å²) in [4.78, 5) is 16.9. The van der Waals surface area contributed by atoms with Gasteiger partial charge in [-0.3, -0.25) is 4.79 Å². The quantitative estimate of drug-likeness (QED) is 0.376. The summed E-state index contributed by atoms with van der Waals surface area (Å²) >= 11 is 2.88. The molecule has 0 aliphatic rings. The highest BCUT2D eigenvalue weighted by atomic mass is 32.2. The number of aryl methyl sites for hydroxylation is 1. The maximum Gasteiger partial charge on any atom is 0.232 e. The van der Waals surface area contributed by atoms with Gasteiger partial charge in [0.25, 0.3) is 0 Å². The van der Waals surface area contributed by atoms with E-state index in [0.717, 1.165) is 26.9 Å². The summed E-state index contributed by atoms with van der Waals surface area (Å²) in [6.45, 7) is 1.99. The molecule has 4 aromatic rings. The minimum absolute atomic E-state index is 0.175. The van der Waals surface area contributed by atoms with Gasteiger partial charge in [0, 0.05) is 18.1 Å². The van der Waals surface area contributed by atoms with E-state index in [-0.39, 0.29) is 12.3 Å². The monoisotopic (exact) mass is 420 g/mol. The Morgan fingerprint density at radius 3 is 2.86 bits per heavy atom. The highest BCUT2D eigenvalue weighted by Gasteiger charge is 2.12. The second kappa shape index (κ2) is 8.43. The maximum absolute atomic E-state index is 12.3. The van der Waals surface area contributed by atoms with Gasteiger partial charge < -0.3 is 9.72 Å². The average Bonchev–Trinajstić information content (AvgIpc) is 3.34. The van der Waals surface area contributed by atoms with Crippen LogP contribution in [-0.4, -0.2) is 25.5 Å². The summed E-state index contributed by atoms with van der Waals surface area (Å²) in [5, 5.41) is 20.3. The summed E-state index contributed by atoms with van der Waals surface area (Å²) in [5.74, 6) is 0.542. The second-order valence-corrected chi connectivity index (χ2v) is 8.55. The van der Waals surface area contributed by atoms with Crippen molar-refractivity contribution in [1.29, 1.82) is 5.26 Å². The molecule has 0 radical (unpaired) electrons. The summed E-state index contributed by atoms with van der Waals surface area (Å²) in [6, 6.07) is 13.5. The molecule has 144 valence electrons. The van der Waals surface area contributed by atoms with E-state index in [1.807, 2.05) is 48.0 Å². The first-order valence-electron chi connectivity index (χ1n) is 8.79. The van der Waals surface area contributed by atoms with E-state index in [1.54, 1.807) is 12.1 Å². The van der Waals surface area contributed by atoms with Crippen LogP contribution in [0.3, 0.4) is 0 Å². The molecule has 0 saturated carbocycles. The predicted octanol–water partition coefficient (Wildman–Crippen LogP) is 3.84. The number of nitriles is 1. The maximum atomic E-state index is 12.3. The smallest absolute Gasteiger partial charge is 0.232 e. The van der Waals surface area contributed by atoms with Gasteiger partial charge in [-0.15, -0.1) is 10.2 Å². The fourth-order valence-corrected chi connectivity index (χ4v) is 4.48. The number of nitrogens with one attached hydrogen (secondary N) is 1. The zero-order chi connectivity index (χ0) is 20.2. The third-order valence-electron chi connectivity index (χ3n) is 4.17. The van der Waals surface area contributed by atoms with Gasteiger partial charge in [-0.2, -0.15) is 5.26 Å². The molecule has 0 saturated heterocycles. The Hall–Kier alpha value is -3.22. The van der Waals surface area contributed by atoms with Crippen LogP contribution < -0.4 is 5.32 Å². The van der Waals surface area contributed by atoms with Crippen molar-refractivity contribution in [2.45, 2.75) is 23.4 Å². The van der Waals surface area contributed by atoms with Gasteiger partial charge in [-0.05, 0) is 36.2 Å². The first-order valence-corrected chi connectivity index (χ1v) is 10.6. The third-order valence-corrected chi connectivity index (χ3v) is 6.21. The molecular formula is C20H16N6OS2. The molecule has 0 aliphatic carbocycles. The van der Waals surface area contributed by atoms with Crippen molar-refractivity contribution in [2.24, 2.45) is 0 Å². The van der Waals surface area contributed by atoms with Crippen LogP contribution in [0.5, 0.6) is 0 Å². The predicted molar refractivity (Wildman–Crippen MR) is 113 cm³/mol. The first-order chi connectivity index (χ1) is 14.1. The Morgan fingerprint density at radius 1 is 1.28 bits per heavy atom. The number of hydrogen-bond acceptors (Lipinski definition) is 7. The van der Waals surface area contributed by atoms with Gasteiger partial charge in [0.15, 0.2) is 4.34 Å². The van der Waals surface area contributed by atoms with E-state index >= 15 is 0 Å².